The molecule has 0 unspecified atom stereocenters. The van der Waals surface area contributed by atoms with E-state index in [0.717, 1.165) is 24.6 Å². The second-order valence-electron chi connectivity index (χ2n) is 4.94. The van der Waals surface area contributed by atoms with Crippen molar-refractivity contribution in [2.45, 2.75) is 25.8 Å². The average Bonchev–Trinajstić information content (AvgIpc) is 3.26. The fourth-order valence-corrected chi connectivity index (χ4v) is 2.18. The summed E-state index contributed by atoms with van der Waals surface area (Å²) in [5.74, 6) is 3.03. The zero-order valence-electron chi connectivity index (χ0n) is 12.0. The van der Waals surface area contributed by atoms with Crippen LogP contribution in [0.3, 0.4) is 0 Å². The predicted octanol–water partition coefficient (Wildman–Crippen LogP) is 2.60. The van der Waals surface area contributed by atoms with Crippen molar-refractivity contribution in [3.63, 3.8) is 0 Å². The first-order chi connectivity index (χ1) is 9.28. The highest BCUT2D eigenvalue weighted by molar-refractivity contribution is 5.53. The monoisotopic (exact) mass is 265 g/mol. The van der Waals surface area contributed by atoms with E-state index < -0.39 is 0 Å². The lowest BCUT2D eigenvalue weighted by atomic mass is 10.1. The third-order valence-corrected chi connectivity index (χ3v) is 3.48. The van der Waals surface area contributed by atoms with Crippen molar-refractivity contribution >= 4 is 0 Å². The summed E-state index contributed by atoms with van der Waals surface area (Å²) in [6, 6.07) is 3.98. The highest BCUT2D eigenvalue weighted by atomic mass is 16.5. The Hall–Kier alpha value is -1.42. The van der Waals surface area contributed by atoms with E-state index in [1.807, 2.05) is 12.1 Å². The molecule has 0 aromatic heterocycles. The van der Waals surface area contributed by atoms with Gasteiger partial charge in [-0.25, -0.2) is 0 Å². The summed E-state index contributed by atoms with van der Waals surface area (Å²) in [7, 11) is 4.90. The lowest BCUT2D eigenvalue weighted by molar-refractivity contribution is 0.323. The molecule has 1 aliphatic carbocycles. The lowest BCUT2D eigenvalue weighted by Crippen LogP contribution is -2.15. The molecule has 4 nitrogen and oxygen atoms in total. The van der Waals surface area contributed by atoms with Gasteiger partial charge in [0.05, 0.1) is 21.3 Å². The molecule has 0 amide bonds. The maximum atomic E-state index is 5.34. The van der Waals surface area contributed by atoms with Crippen LogP contribution in [0.1, 0.15) is 24.8 Å². The van der Waals surface area contributed by atoms with E-state index in [-0.39, 0.29) is 0 Å². The normalized spacial score (nSPS) is 14.3. The molecule has 1 aromatic carbocycles. The molecule has 1 aromatic rings. The molecular formula is C15H23NO3. The molecule has 0 atom stereocenters. The number of rotatable bonds is 8. The van der Waals surface area contributed by atoms with Crippen LogP contribution in [0.2, 0.25) is 0 Å². The van der Waals surface area contributed by atoms with Gasteiger partial charge in [-0.05, 0) is 36.6 Å². The van der Waals surface area contributed by atoms with Gasteiger partial charge in [0.1, 0.15) is 0 Å². The van der Waals surface area contributed by atoms with Crippen LogP contribution in [-0.4, -0.2) is 27.9 Å². The first kappa shape index (κ1) is 14.0. The van der Waals surface area contributed by atoms with Crippen molar-refractivity contribution < 1.29 is 14.2 Å². The van der Waals surface area contributed by atoms with Gasteiger partial charge < -0.3 is 19.5 Å². The van der Waals surface area contributed by atoms with Crippen molar-refractivity contribution in [3.05, 3.63) is 17.7 Å². The Balaban J connectivity index is 1.98. The van der Waals surface area contributed by atoms with Crippen LogP contribution >= 0.6 is 0 Å². The molecule has 0 radical (unpaired) electrons. The summed E-state index contributed by atoms with van der Waals surface area (Å²) in [5, 5.41) is 3.46. The summed E-state index contributed by atoms with van der Waals surface area (Å²) in [6.45, 7) is 1.89. The van der Waals surface area contributed by atoms with E-state index in [0.29, 0.717) is 17.2 Å². The Morgan fingerprint density at radius 2 is 1.68 bits per heavy atom. The zero-order valence-corrected chi connectivity index (χ0v) is 12.0. The molecule has 19 heavy (non-hydrogen) atoms. The molecule has 0 aliphatic heterocycles. The van der Waals surface area contributed by atoms with Crippen LogP contribution in [0.5, 0.6) is 17.2 Å². The largest absolute Gasteiger partial charge is 0.493 e. The molecule has 1 fully saturated rings. The van der Waals surface area contributed by atoms with Crippen molar-refractivity contribution in [3.8, 4) is 17.2 Å². The van der Waals surface area contributed by atoms with Crippen molar-refractivity contribution in [2.75, 3.05) is 27.9 Å². The van der Waals surface area contributed by atoms with E-state index in [9.17, 15) is 0 Å². The molecular weight excluding hydrogens is 242 g/mol. The highest BCUT2D eigenvalue weighted by Gasteiger charge is 2.20. The summed E-state index contributed by atoms with van der Waals surface area (Å²) >= 11 is 0. The minimum atomic E-state index is 0.645. The molecule has 0 saturated heterocycles. The fourth-order valence-electron chi connectivity index (χ4n) is 2.18. The fraction of sp³-hybridized carbons (Fsp3) is 0.600. The first-order valence-corrected chi connectivity index (χ1v) is 6.78. The van der Waals surface area contributed by atoms with E-state index in [4.69, 9.17) is 14.2 Å². The molecule has 1 saturated carbocycles. The van der Waals surface area contributed by atoms with Crippen LogP contribution in [0.25, 0.3) is 0 Å². The number of benzene rings is 1. The lowest BCUT2D eigenvalue weighted by Gasteiger charge is -2.14. The number of hydrogen-bond donors (Lipinski definition) is 1. The van der Waals surface area contributed by atoms with Crippen molar-refractivity contribution in [2.24, 2.45) is 5.92 Å². The second kappa shape index (κ2) is 6.66. The van der Waals surface area contributed by atoms with Crippen LogP contribution in [0.4, 0.5) is 0 Å². The maximum absolute atomic E-state index is 5.34. The summed E-state index contributed by atoms with van der Waals surface area (Å²) in [4.78, 5) is 0. The summed E-state index contributed by atoms with van der Waals surface area (Å²) < 4.78 is 16.0. The minimum Gasteiger partial charge on any atom is -0.493 e. The Kier molecular flexibility index (Phi) is 4.91. The van der Waals surface area contributed by atoms with Gasteiger partial charge >= 0.3 is 0 Å². The molecule has 1 N–H and O–H groups in total. The number of methoxy groups -OCH3 is 3. The standard InChI is InChI=1S/C15H23NO3/c1-17-13-8-12(9-14(18-2)15(13)19-3)10-16-7-6-11-4-5-11/h8-9,11,16H,4-7,10H2,1-3H3. The molecule has 0 heterocycles. The third-order valence-electron chi connectivity index (χ3n) is 3.48. The minimum absolute atomic E-state index is 0.645. The van der Waals surface area contributed by atoms with E-state index in [1.165, 1.54) is 19.3 Å². The Bertz CT molecular complexity index is 391. The molecule has 106 valence electrons. The van der Waals surface area contributed by atoms with E-state index in [2.05, 4.69) is 5.32 Å². The van der Waals surface area contributed by atoms with Crippen molar-refractivity contribution in [1.82, 2.24) is 5.32 Å². The topological polar surface area (TPSA) is 39.7 Å². The summed E-state index contributed by atoms with van der Waals surface area (Å²) in [6.07, 6.45) is 4.10. The van der Waals surface area contributed by atoms with Gasteiger partial charge in [-0.15, -0.1) is 0 Å². The van der Waals surface area contributed by atoms with Crippen LogP contribution in [0, 0.1) is 5.92 Å². The smallest absolute Gasteiger partial charge is 0.203 e. The van der Waals surface area contributed by atoms with Gasteiger partial charge in [0.15, 0.2) is 11.5 Å². The van der Waals surface area contributed by atoms with Gasteiger partial charge in [0.25, 0.3) is 0 Å². The SMILES string of the molecule is COc1cc(CNCCC2CC2)cc(OC)c1OC. The molecule has 2 rings (SSSR count). The maximum Gasteiger partial charge on any atom is 0.203 e. The zero-order chi connectivity index (χ0) is 13.7. The number of nitrogens with one attached hydrogen (secondary N) is 1. The van der Waals surface area contributed by atoms with Crippen LogP contribution < -0.4 is 19.5 Å². The Labute approximate surface area is 115 Å². The van der Waals surface area contributed by atoms with Crippen molar-refractivity contribution in [1.29, 1.82) is 0 Å². The predicted molar refractivity (Wildman–Crippen MR) is 75.1 cm³/mol. The molecule has 0 spiro atoms. The third kappa shape index (κ3) is 3.77. The summed E-state index contributed by atoms with van der Waals surface area (Å²) in [5.41, 5.74) is 1.14. The number of hydrogen-bond acceptors (Lipinski definition) is 4. The van der Waals surface area contributed by atoms with Crippen LogP contribution in [0.15, 0.2) is 12.1 Å². The first-order valence-electron chi connectivity index (χ1n) is 6.78. The Morgan fingerprint density at radius 3 is 2.16 bits per heavy atom. The Morgan fingerprint density at radius 1 is 1.05 bits per heavy atom. The van der Waals surface area contributed by atoms with Gasteiger partial charge in [-0.1, -0.05) is 12.8 Å². The van der Waals surface area contributed by atoms with E-state index in [1.54, 1.807) is 21.3 Å². The van der Waals surface area contributed by atoms with Crippen LogP contribution in [-0.2, 0) is 6.54 Å². The highest BCUT2D eigenvalue weighted by Crippen LogP contribution is 2.38. The van der Waals surface area contributed by atoms with Gasteiger partial charge in [0.2, 0.25) is 5.75 Å². The molecule has 0 bridgehead atoms. The molecule has 1 aliphatic rings. The quantitative estimate of drug-likeness (QED) is 0.733. The second-order valence-corrected chi connectivity index (χ2v) is 4.94. The average molecular weight is 265 g/mol. The van der Waals surface area contributed by atoms with Gasteiger partial charge in [-0.2, -0.15) is 0 Å². The molecule has 4 heteroatoms. The van der Waals surface area contributed by atoms with Gasteiger partial charge in [0, 0.05) is 6.54 Å². The van der Waals surface area contributed by atoms with Gasteiger partial charge in [-0.3, -0.25) is 0 Å². The number of ether oxygens (including phenoxy) is 3. The van der Waals surface area contributed by atoms with E-state index >= 15 is 0 Å².